The Hall–Kier alpha value is -1.66. The van der Waals surface area contributed by atoms with Gasteiger partial charge in [0.1, 0.15) is 6.54 Å². The maximum Gasteiger partial charge on any atom is 0.347 e. The van der Waals surface area contributed by atoms with Crippen LogP contribution < -0.4 is 11.0 Å². The Morgan fingerprint density at radius 1 is 1.57 bits per heavy atom. The molecule has 7 heteroatoms. The van der Waals surface area contributed by atoms with Crippen LogP contribution in [-0.2, 0) is 17.8 Å². The molecule has 0 spiro atoms. The number of fused-ring (bicyclic) bond motifs is 1. The third-order valence-corrected chi connectivity index (χ3v) is 4.86. The Morgan fingerprint density at radius 2 is 2.43 bits per heavy atom. The van der Waals surface area contributed by atoms with E-state index in [2.05, 4.69) is 10.3 Å². The van der Waals surface area contributed by atoms with Crippen molar-refractivity contribution in [1.82, 2.24) is 14.9 Å². The van der Waals surface area contributed by atoms with Gasteiger partial charge in [-0.15, -0.1) is 11.3 Å². The molecule has 1 aliphatic carbocycles. The predicted molar refractivity (Wildman–Crippen MR) is 81.6 cm³/mol. The van der Waals surface area contributed by atoms with Crippen molar-refractivity contribution >= 4 is 28.8 Å². The number of nitrogens with zero attached hydrogens (tertiary/aromatic N) is 2. The van der Waals surface area contributed by atoms with Crippen LogP contribution in [0.5, 0.6) is 0 Å². The fourth-order valence-electron chi connectivity index (χ4n) is 2.57. The number of halogens is 1. The molecule has 2 aromatic rings. The lowest BCUT2D eigenvalue weighted by Gasteiger charge is -2.23. The molecule has 3 rings (SSSR count). The van der Waals surface area contributed by atoms with Gasteiger partial charge in [0, 0.05) is 17.3 Å². The van der Waals surface area contributed by atoms with Crippen molar-refractivity contribution in [2.24, 2.45) is 0 Å². The molecule has 0 saturated carbocycles. The first-order valence-electron chi connectivity index (χ1n) is 6.72. The minimum absolute atomic E-state index is 0.0163. The Bertz CT molecular complexity index is 725. The fourth-order valence-corrected chi connectivity index (χ4v) is 3.96. The van der Waals surface area contributed by atoms with E-state index < -0.39 is 5.69 Å². The number of aryl methyl sites for hydroxylation is 1. The van der Waals surface area contributed by atoms with E-state index in [1.165, 1.54) is 15.6 Å². The molecule has 1 amide bonds. The average Bonchev–Trinajstić information content (AvgIpc) is 2.83. The normalized spacial score (nSPS) is 17.3. The molecule has 5 nitrogen and oxygen atoms in total. The van der Waals surface area contributed by atoms with Crippen LogP contribution in [0.15, 0.2) is 29.3 Å². The first-order chi connectivity index (χ1) is 10.1. The van der Waals surface area contributed by atoms with Gasteiger partial charge in [-0.25, -0.2) is 9.78 Å². The van der Waals surface area contributed by atoms with E-state index in [-0.39, 0.29) is 18.5 Å². The largest absolute Gasteiger partial charge is 0.348 e. The molecule has 0 aliphatic heterocycles. The maximum absolute atomic E-state index is 12.1. The second-order valence-electron chi connectivity index (χ2n) is 4.97. The molecule has 0 saturated heterocycles. The summed E-state index contributed by atoms with van der Waals surface area (Å²) in [6.07, 6.45) is 5.91. The zero-order valence-electron chi connectivity index (χ0n) is 11.2. The molecule has 110 valence electrons. The van der Waals surface area contributed by atoms with Crippen LogP contribution in [0, 0.1) is 0 Å². The van der Waals surface area contributed by atoms with Crippen molar-refractivity contribution in [3.05, 3.63) is 49.8 Å². The summed E-state index contributed by atoms with van der Waals surface area (Å²) in [5.74, 6) is -0.190. The highest BCUT2D eigenvalue weighted by molar-refractivity contribution is 7.16. The summed E-state index contributed by atoms with van der Waals surface area (Å²) in [6.45, 7) is -0.0175. The molecule has 1 aliphatic rings. The van der Waals surface area contributed by atoms with Gasteiger partial charge >= 0.3 is 5.69 Å². The van der Waals surface area contributed by atoms with Crippen LogP contribution in [-0.4, -0.2) is 15.5 Å². The van der Waals surface area contributed by atoms with Gasteiger partial charge in [-0.3, -0.25) is 9.36 Å². The van der Waals surface area contributed by atoms with Gasteiger partial charge in [0.05, 0.1) is 10.4 Å². The number of carbonyl (C=O) groups excluding carboxylic acids is 1. The van der Waals surface area contributed by atoms with Gasteiger partial charge in [0.25, 0.3) is 0 Å². The van der Waals surface area contributed by atoms with Crippen LogP contribution in [0.3, 0.4) is 0 Å². The van der Waals surface area contributed by atoms with E-state index in [4.69, 9.17) is 11.6 Å². The van der Waals surface area contributed by atoms with Crippen molar-refractivity contribution in [1.29, 1.82) is 0 Å². The summed E-state index contributed by atoms with van der Waals surface area (Å²) in [7, 11) is 0. The predicted octanol–water partition coefficient (Wildman–Crippen LogP) is 2.15. The molecule has 2 heterocycles. The first-order valence-corrected chi connectivity index (χ1v) is 7.92. The molecule has 1 unspecified atom stereocenters. The van der Waals surface area contributed by atoms with Gasteiger partial charge in [0.15, 0.2) is 0 Å². The molecule has 1 atom stereocenters. The van der Waals surface area contributed by atoms with Gasteiger partial charge < -0.3 is 5.32 Å². The van der Waals surface area contributed by atoms with E-state index >= 15 is 0 Å². The molecule has 0 bridgehead atoms. The molecular formula is C14H14ClN3O2S. The van der Waals surface area contributed by atoms with Crippen molar-refractivity contribution in [2.75, 3.05) is 0 Å². The molecule has 0 radical (unpaired) electrons. The number of thiophene rings is 1. The van der Waals surface area contributed by atoms with E-state index in [0.29, 0.717) is 0 Å². The zero-order chi connectivity index (χ0) is 14.8. The molecule has 0 fully saturated rings. The van der Waals surface area contributed by atoms with E-state index in [1.54, 1.807) is 23.6 Å². The Kier molecular flexibility index (Phi) is 4.07. The van der Waals surface area contributed by atoms with Gasteiger partial charge in [-0.05, 0) is 37.0 Å². The number of carbonyl (C=O) groups is 1. The number of nitrogens with one attached hydrogen (secondary N) is 1. The summed E-state index contributed by atoms with van der Waals surface area (Å²) in [5.41, 5.74) is 0.693. The highest BCUT2D eigenvalue weighted by Gasteiger charge is 2.24. The Balaban J connectivity index is 1.71. The third kappa shape index (κ3) is 3.16. The van der Waals surface area contributed by atoms with Crippen molar-refractivity contribution in [3.63, 3.8) is 0 Å². The van der Waals surface area contributed by atoms with Gasteiger partial charge in [-0.1, -0.05) is 11.6 Å². The standard InChI is InChI=1S/C14H14ClN3O2S/c15-12-7-9-10(3-1-4-11(9)21-12)17-13(19)8-18-6-2-5-16-14(18)20/h2,5-7,10H,1,3-4,8H2,(H,17,19). The van der Waals surface area contributed by atoms with Crippen LogP contribution in [0.4, 0.5) is 0 Å². The van der Waals surface area contributed by atoms with E-state index in [0.717, 1.165) is 29.2 Å². The number of amides is 1. The number of rotatable bonds is 3. The minimum atomic E-state index is -0.421. The number of hydrogen-bond donors (Lipinski definition) is 1. The third-order valence-electron chi connectivity index (χ3n) is 3.52. The topological polar surface area (TPSA) is 64.0 Å². The van der Waals surface area contributed by atoms with Crippen molar-refractivity contribution < 1.29 is 4.79 Å². The minimum Gasteiger partial charge on any atom is -0.348 e. The zero-order valence-corrected chi connectivity index (χ0v) is 12.8. The summed E-state index contributed by atoms with van der Waals surface area (Å²) >= 11 is 7.63. The Labute approximate surface area is 130 Å². The lowest BCUT2D eigenvalue weighted by Crippen LogP contribution is -2.36. The summed E-state index contributed by atoms with van der Waals surface area (Å²) in [5, 5.41) is 2.99. The second kappa shape index (κ2) is 5.99. The van der Waals surface area contributed by atoms with Crippen LogP contribution in [0.1, 0.15) is 29.3 Å². The van der Waals surface area contributed by atoms with E-state index in [1.807, 2.05) is 6.07 Å². The maximum atomic E-state index is 12.1. The summed E-state index contributed by atoms with van der Waals surface area (Å²) in [6, 6.07) is 3.55. The quantitative estimate of drug-likeness (QED) is 0.941. The van der Waals surface area contributed by atoms with Gasteiger partial charge in [-0.2, -0.15) is 0 Å². The summed E-state index contributed by atoms with van der Waals surface area (Å²) < 4.78 is 2.05. The average molecular weight is 324 g/mol. The fraction of sp³-hybridized carbons (Fsp3) is 0.357. The van der Waals surface area contributed by atoms with Crippen molar-refractivity contribution in [3.8, 4) is 0 Å². The number of hydrogen-bond acceptors (Lipinski definition) is 4. The number of aromatic nitrogens is 2. The SMILES string of the molecule is O=C(Cn1cccnc1=O)NC1CCCc2sc(Cl)cc21. The second-order valence-corrected chi connectivity index (χ2v) is 6.74. The Morgan fingerprint density at radius 3 is 3.24 bits per heavy atom. The van der Waals surface area contributed by atoms with Crippen LogP contribution >= 0.6 is 22.9 Å². The molecule has 2 aromatic heterocycles. The first kappa shape index (κ1) is 14.3. The van der Waals surface area contributed by atoms with Gasteiger partial charge in [0.2, 0.25) is 5.91 Å². The highest BCUT2D eigenvalue weighted by Crippen LogP contribution is 2.37. The van der Waals surface area contributed by atoms with Crippen LogP contribution in [0.25, 0.3) is 0 Å². The summed E-state index contributed by atoms with van der Waals surface area (Å²) in [4.78, 5) is 28.5. The monoisotopic (exact) mass is 323 g/mol. The lowest BCUT2D eigenvalue weighted by atomic mass is 9.94. The molecular weight excluding hydrogens is 310 g/mol. The molecule has 0 aromatic carbocycles. The van der Waals surface area contributed by atoms with Crippen LogP contribution in [0.2, 0.25) is 4.34 Å². The van der Waals surface area contributed by atoms with E-state index in [9.17, 15) is 9.59 Å². The molecule has 1 N–H and O–H groups in total. The highest BCUT2D eigenvalue weighted by atomic mass is 35.5. The lowest BCUT2D eigenvalue weighted by molar-refractivity contribution is -0.122. The molecule has 21 heavy (non-hydrogen) atoms. The van der Waals surface area contributed by atoms with Crippen molar-refractivity contribution in [2.45, 2.75) is 31.8 Å². The smallest absolute Gasteiger partial charge is 0.347 e.